The van der Waals surface area contributed by atoms with Crippen molar-refractivity contribution in [3.8, 4) is 11.4 Å². The first-order valence-electron chi connectivity index (χ1n) is 11.7. The molecule has 1 N–H and O–H groups in total. The molecular formula is C28H24N6O2S. The van der Waals surface area contributed by atoms with Gasteiger partial charge < -0.3 is 0 Å². The summed E-state index contributed by atoms with van der Waals surface area (Å²) in [5, 5.41) is 9.70. The molecule has 0 bridgehead atoms. The molecule has 184 valence electrons. The number of nitrogens with zero attached hydrogens (tertiary/aromatic N) is 5. The number of hydrogen-bond acceptors (Lipinski definition) is 6. The first-order valence-corrected chi connectivity index (χ1v) is 12.6. The largest absolute Gasteiger partial charge is 0.272 e. The minimum atomic E-state index is -0.311. The second-order valence-corrected chi connectivity index (χ2v) is 9.24. The Morgan fingerprint density at radius 1 is 0.946 bits per heavy atom. The third kappa shape index (κ3) is 5.07. The molecule has 0 spiro atoms. The van der Waals surface area contributed by atoms with Gasteiger partial charge in [0.05, 0.1) is 45.6 Å². The molecule has 37 heavy (non-hydrogen) atoms. The molecule has 0 aliphatic rings. The number of hydrogen-bond donors (Lipinski definition) is 1. The highest BCUT2D eigenvalue weighted by Crippen LogP contribution is 2.21. The van der Waals surface area contributed by atoms with Crippen LogP contribution in [0.25, 0.3) is 22.3 Å². The maximum Gasteiger partial charge on any atom is 0.266 e. The molecule has 1 amide bonds. The number of para-hydroxylation sites is 3. The smallest absolute Gasteiger partial charge is 0.266 e. The lowest BCUT2D eigenvalue weighted by atomic mass is 10.2. The molecule has 8 nitrogen and oxygen atoms in total. The van der Waals surface area contributed by atoms with E-state index in [4.69, 9.17) is 0 Å². The fourth-order valence-electron chi connectivity index (χ4n) is 4.01. The van der Waals surface area contributed by atoms with Crippen LogP contribution in [0.1, 0.15) is 17.0 Å². The van der Waals surface area contributed by atoms with Crippen molar-refractivity contribution in [2.24, 2.45) is 5.10 Å². The Kier molecular flexibility index (Phi) is 6.96. The van der Waals surface area contributed by atoms with Crippen molar-refractivity contribution in [3.05, 3.63) is 112 Å². The van der Waals surface area contributed by atoms with Gasteiger partial charge in [-0.15, -0.1) is 0 Å². The van der Waals surface area contributed by atoms with Crippen molar-refractivity contribution in [2.45, 2.75) is 19.0 Å². The van der Waals surface area contributed by atoms with Gasteiger partial charge in [0.1, 0.15) is 0 Å². The number of thioether (sulfide) groups is 1. The van der Waals surface area contributed by atoms with Gasteiger partial charge in [-0.05, 0) is 50.2 Å². The second-order valence-electron chi connectivity index (χ2n) is 8.30. The van der Waals surface area contributed by atoms with E-state index in [-0.39, 0.29) is 17.2 Å². The average molecular weight is 509 g/mol. The van der Waals surface area contributed by atoms with Gasteiger partial charge in [0, 0.05) is 5.56 Å². The molecule has 9 heteroatoms. The Morgan fingerprint density at radius 3 is 2.32 bits per heavy atom. The first-order chi connectivity index (χ1) is 18.0. The van der Waals surface area contributed by atoms with Gasteiger partial charge >= 0.3 is 0 Å². The fraction of sp³-hybridized carbons (Fsp3) is 0.107. The van der Waals surface area contributed by atoms with Crippen LogP contribution >= 0.6 is 11.8 Å². The Labute approximate surface area is 217 Å². The summed E-state index contributed by atoms with van der Waals surface area (Å²) >= 11 is 1.18. The number of aromatic nitrogens is 4. The zero-order valence-electron chi connectivity index (χ0n) is 20.3. The molecule has 0 saturated heterocycles. The summed E-state index contributed by atoms with van der Waals surface area (Å²) in [6.07, 6.45) is 1.61. The lowest BCUT2D eigenvalue weighted by Crippen LogP contribution is -2.24. The van der Waals surface area contributed by atoms with Crippen molar-refractivity contribution in [3.63, 3.8) is 0 Å². The van der Waals surface area contributed by atoms with Crippen molar-refractivity contribution < 1.29 is 4.79 Å². The fourth-order valence-corrected chi connectivity index (χ4v) is 4.81. The predicted octanol–water partition coefficient (Wildman–Crippen LogP) is 4.43. The van der Waals surface area contributed by atoms with E-state index in [0.29, 0.717) is 21.7 Å². The highest BCUT2D eigenvalue weighted by molar-refractivity contribution is 7.99. The van der Waals surface area contributed by atoms with Crippen molar-refractivity contribution in [1.29, 1.82) is 0 Å². The van der Waals surface area contributed by atoms with E-state index in [9.17, 15) is 9.59 Å². The lowest BCUT2D eigenvalue weighted by Gasteiger charge is -2.12. The SMILES string of the molecule is Cc1nn(-c2ccccc2)c(C)c1C=NNC(=O)CSc1nc2ccccc2c(=O)n1-c1ccccc1. The Balaban J connectivity index is 1.33. The maximum atomic E-state index is 13.3. The Bertz CT molecular complexity index is 1660. The lowest BCUT2D eigenvalue weighted by molar-refractivity contribution is -0.118. The molecular weight excluding hydrogens is 484 g/mol. The van der Waals surface area contributed by atoms with Crippen LogP contribution in [-0.4, -0.2) is 37.2 Å². The third-order valence-corrected chi connectivity index (χ3v) is 6.76. The van der Waals surface area contributed by atoms with Crippen LogP contribution in [0.4, 0.5) is 0 Å². The molecule has 3 aromatic carbocycles. The normalized spacial score (nSPS) is 11.3. The van der Waals surface area contributed by atoms with E-state index in [1.165, 1.54) is 16.3 Å². The number of nitrogens with one attached hydrogen (secondary N) is 1. The number of aryl methyl sites for hydroxylation is 1. The van der Waals surface area contributed by atoms with E-state index in [0.717, 1.165) is 22.6 Å². The molecule has 0 atom stereocenters. The average Bonchev–Trinajstić information content (AvgIpc) is 3.21. The number of fused-ring (bicyclic) bond motifs is 1. The summed E-state index contributed by atoms with van der Waals surface area (Å²) < 4.78 is 3.39. The van der Waals surface area contributed by atoms with Crippen LogP contribution in [0.15, 0.2) is 100.0 Å². The van der Waals surface area contributed by atoms with E-state index >= 15 is 0 Å². The second kappa shape index (κ2) is 10.6. The van der Waals surface area contributed by atoms with Gasteiger partial charge in [0.25, 0.3) is 11.5 Å². The molecule has 0 radical (unpaired) electrons. The van der Waals surface area contributed by atoms with Gasteiger partial charge in [0.15, 0.2) is 5.16 Å². The number of carbonyl (C=O) groups is 1. The standard InChI is InChI=1S/C28H24N6O2S/c1-19-24(20(2)34(32-19)22-13-7-4-8-14-22)17-29-31-26(35)18-37-28-30-25-16-10-9-15-23(25)27(36)33(28)21-11-5-3-6-12-21/h3-17H,18H2,1-2H3,(H,31,35). The molecule has 2 aromatic heterocycles. The topological polar surface area (TPSA) is 94.2 Å². The Hall–Kier alpha value is -4.50. The van der Waals surface area contributed by atoms with Crippen molar-refractivity contribution in [1.82, 2.24) is 24.8 Å². The zero-order chi connectivity index (χ0) is 25.8. The maximum absolute atomic E-state index is 13.3. The first kappa shape index (κ1) is 24.2. The summed E-state index contributed by atoms with van der Waals surface area (Å²) in [5.74, 6) is -0.273. The van der Waals surface area contributed by atoms with Crippen LogP contribution in [0.5, 0.6) is 0 Å². The predicted molar refractivity (Wildman–Crippen MR) is 147 cm³/mol. The number of hydrazone groups is 1. The van der Waals surface area contributed by atoms with Gasteiger partial charge in [-0.25, -0.2) is 15.1 Å². The van der Waals surface area contributed by atoms with Crippen molar-refractivity contribution >= 4 is 34.8 Å². The third-order valence-electron chi connectivity index (χ3n) is 5.82. The highest BCUT2D eigenvalue weighted by atomic mass is 32.2. The Morgan fingerprint density at radius 2 is 1.59 bits per heavy atom. The van der Waals surface area contributed by atoms with E-state index < -0.39 is 0 Å². The highest BCUT2D eigenvalue weighted by Gasteiger charge is 2.15. The monoisotopic (exact) mass is 508 g/mol. The van der Waals surface area contributed by atoms with Crippen LogP contribution in [-0.2, 0) is 4.79 Å². The number of rotatable bonds is 7. The summed E-state index contributed by atoms with van der Waals surface area (Å²) in [7, 11) is 0. The van der Waals surface area contributed by atoms with Gasteiger partial charge in [0.2, 0.25) is 0 Å². The van der Waals surface area contributed by atoms with E-state index in [1.807, 2.05) is 91.3 Å². The van der Waals surface area contributed by atoms with Gasteiger partial charge in [-0.2, -0.15) is 10.2 Å². The minimum absolute atomic E-state index is 0.0379. The number of amides is 1. The summed E-state index contributed by atoms with van der Waals surface area (Å²) in [4.78, 5) is 30.6. The number of benzene rings is 3. The molecule has 0 aliphatic heterocycles. The zero-order valence-corrected chi connectivity index (χ0v) is 21.1. The quantitative estimate of drug-likeness (QED) is 0.152. The summed E-state index contributed by atoms with van der Waals surface area (Å²) in [5.41, 5.74) is 7.18. The molecule has 0 unspecified atom stereocenters. The van der Waals surface area contributed by atoms with Gasteiger partial charge in [-0.3, -0.25) is 14.2 Å². The number of carbonyl (C=O) groups excluding carboxylic acids is 1. The van der Waals surface area contributed by atoms with Crippen LogP contribution < -0.4 is 11.0 Å². The van der Waals surface area contributed by atoms with E-state index in [2.05, 4.69) is 20.6 Å². The summed E-state index contributed by atoms with van der Waals surface area (Å²) in [6, 6.07) is 26.3. The van der Waals surface area contributed by atoms with Gasteiger partial charge in [-0.1, -0.05) is 60.3 Å². The molecule has 2 heterocycles. The van der Waals surface area contributed by atoms with E-state index in [1.54, 1.807) is 18.3 Å². The minimum Gasteiger partial charge on any atom is -0.272 e. The molecule has 0 aliphatic carbocycles. The molecule has 0 fully saturated rings. The van der Waals surface area contributed by atoms with Crippen molar-refractivity contribution in [2.75, 3.05) is 5.75 Å². The molecule has 5 aromatic rings. The van der Waals surface area contributed by atoms with Crippen LogP contribution in [0.2, 0.25) is 0 Å². The van der Waals surface area contributed by atoms with Crippen LogP contribution in [0, 0.1) is 13.8 Å². The molecule has 0 saturated carbocycles. The molecule has 5 rings (SSSR count). The summed E-state index contributed by atoms with van der Waals surface area (Å²) in [6.45, 7) is 3.86. The van der Waals surface area contributed by atoms with Crippen LogP contribution in [0.3, 0.4) is 0 Å².